The third kappa shape index (κ3) is 3.26. The van der Waals surface area contributed by atoms with E-state index in [-0.39, 0.29) is 17.4 Å². The highest BCUT2D eigenvalue weighted by Crippen LogP contribution is 2.09. The molecular formula is C10H16N2O3S. The summed E-state index contributed by atoms with van der Waals surface area (Å²) in [5.41, 5.74) is 0. The van der Waals surface area contributed by atoms with Crippen LogP contribution in [0.5, 0.6) is 0 Å². The van der Waals surface area contributed by atoms with Gasteiger partial charge < -0.3 is 5.11 Å². The molecule has 0 amide bonds. The van der Waals surface area contributed by atoms with Crippen LogP contribution in [0.15, 0.2) is 29.4 Å². The Morgan fingerprint density at radius 3 is 2.62 bits per heavy atom. The molecule has 1 aromatic rings. The first-order chi connectivity index (χ1) is 7.47. The molecule has 0 aliphatic carbocycles. The number of aromatic nitrogens is 1. The Bertz CT molecular complexity index is 417. The van der Waals surface area contributed by atoms with Gasteiger partial charge in [0.15, 0.2) is 0 Å². The normalized spacial score (nSPS) is 14.0. The van der Waals surface area contributed by atoms with Crippen LogP contribution in [0.4, 0.5) is 0 Å². The van der Waals surface area contributed by atoms with Gasteiger partial charge in [0.1, 0.15) is 4.90 Å². The van der Waals surface area contributed by atoms with Crippen molar-refractivity contribution in [3.63, 3.8) is 0 Å². The quantitative estimate of drug-likeness (QED) is 0.784. The van der Waals surface area contributed by atoms with Crippen molar-refractivity contribution in [2.45, 2.75) is 24.8 Å². The molecule has 0 fully saturated rings. The van der Waals surface area contributed by atoms with E-state index < -0.39 is 16.1 Å². The molecule has 1 unspecified atom stereocenters. The lowest BCUT2D eigenvalue weighted by atomic mass is 10.1. The first kappa shape index (κ1) is 13.1. The molecule has 0 radical (unpaired) electrons. The third-order valence-electron chi connectivity index (χ3n) is 2.25. The molecule has 1 rings (SSSR count). The Balaban J connectivity index is 2.88. The largest absolute Gasteiger partial charge is 0.395 e. The summed E-state index contributed by atoms with van der Waals surface area (Å²) >= 11 is 0. The molecule has 1 atom stereocenters. The van der Waals surface area contributed by atoms with Crippen LogP contribution in [0.1, 0.15) is 13.8 Å². The Hall–Kier alpha value is -0.980. The van der Waals surface area contributed by atoms with Crippen molar-refractivity contribution in [1.82, 2.24) is 9.71 Å². The Morgan fingerprint density at radius 1 is 1.50 bits per heavy atom. The molecule has 1 heterocycles. The van der Waals surface area contributed by atoms with Gasteiger partial charge in [0, 0.05) is 18.4 Å². The SMILES string of the molecule is CC(C)C(CO)NS(=O)(=O)c1cccnc1. The number of nitrogens with one attached hydrogen (secondary N) is 1. The predicted molar refractivity (Wildman–Crippen MR) is 60.3 cm³/mol. The van der Waals surface area contributed by atoms with Crippen molar-refractivity contribution in [1.29, 1.82) is 0 Å². The van der Waals surface area contributed by atoms with Crippen molar-refractivity contribution < 1.29 is 13.5 Å². The smallest absolute Gasteiger partial charge is 0.242 e. The number of sulfonamides is 1. The lowest BCUT2D eigenvalue weighted by Gasteiger charge is -2.19. The van der Waals surface area contributed by atoms with Gasteiger partial charge in [-0.25, -0.2) is 13.1 Å². The summed E-state index contributed by atoms with van der Waals surface area (Å²) in [5.74, 6) is 0.0245. The Kier molecular flexibility index (Phi) is 4.40. The number of aliphatic hydroxyl groups excluding tert-OH is 1. The van der Waals surface area contributed by atoms with Crippen molar-refractivity contribution in [2.24, 2.45) is 5.92 Å². The molecule has 16 heavy (non-hydrogen) atoms. The fraction of sp³-hybridized carbons (Fsp3) is 0.500. The average Bonchev–Trinajstić information content (AvgIpc) is 2.27. The lowest BCUT2D eigenvalue weighted by molar-refractivity contribution is 0.227. The Labute approximate surface area is 95.6 Å². The van der Waals surface area contributed by atoms with Crippen LogP contribution in [-0.2, 0) is 10.0 Å². The maximum absolute atomic E-state index is 11.8. The predicted octanol–water partition coefficient (Wildman–Crippen LogP) is 0.377. The van der Waals surface area contributed by atoms with Crippen LogP contribution >= 0.6 is 0 Å². The first-order valence-corrected chi connectivity index (χ1v) is 6.49. The second-order valence-corrected chi connectivity index (χ2v) is 5.56. The topological polar surface area (TPSA) is 79.3 Å². The van der Waals surface area contributed by atoms with Gasteiger partial charge in [0.2, 0.25) is 10.0 Å². The third-order valence-corrected chi connectivity index (χ3v) is 3.73. The Morgan fingerprint density at radius 2 is 2.19 bits per heavy atom. The minimum atomic E-state index is -3.59. The summed E-state index contributed by atoms with van der Waals surface area (Å²) in [6, 6.07) is 2.53. The zero-order valence-electron chi connectivity index (χ0n) is 9.29. The summed E-state index contributed by atoms with van der Waals surface area (Å²) in [5, 5.41) is 9.06. The van der Waals surface area contributed by atoms with Crippen LogP contribution < -0.4 is 4.72 Å². The van der Waals surface area contributed by atoms with Crippen LogP contribution in [0.2, 0.25) is 0 Å². The molecular weight excluding hydrogens is 228 g/mol. The summed E-state index contributed by atoms with van der Waals surface area (Å²) in [4.78, 5) is 3.85. The monoisotopic (exact) mass is 244 g/mol. The highest BCUT2D eigenvalue weighted by Gasteiger charge is 2.21. The van der Waals surface area contributed by atoms with E-state index in [1.54, 1.807) is 6.07 Å². The molecule has 90 valence electrons. The molecule has 0 spiro atoms. The average molecular weight is 244 g/mol. The molecule has 5 nitrogen and oxygen atoms in total. The van der Waals surface area contributed by atoms with E-state index >= 15 is 0 Å². The number of hydrogen-bond donors (Lipinski definition) is 2. The molecule has 0 aliphatic rings. The van der Waals surface area contributed by atoms with Crippen LogP contribution in [-0.4, -0.2) is 31.2 Å². The van der Waals surface area contributed by atoms with E-state index in [0.717, 1.165) is 0 Å². The molecule has 0 saturated carbocycles. The van der Waals surface area contributed by atoms with Crippen LogP contribution in [0.3, 0.4) is 0 Å². The molecule has 2 N–H and O–H groups in total. The summed E-state index contributed by atoms with van der Waals surface area (Å²) < 4.78 is 26.1. The minimum Gasteiger partial charge on any atom is -0.395 e. The van der Waals surface area contributed by atoms with Crippen molar-refractivity contribution >= 4 is 10.0 Å². The van der Waals surface area contributed by atoms with Crippen LogP contribution in [0.25, 0.3) is 0 Å². The van der Waals surface area contributed by atoms with Gasteiger partial charge in [-0.1, -0.05) is 13.8 Å². The number of hydrogen-bond acceptors (Lipinski definition) is 4. The highest BCUT2D eigenvalue weighted by molar-refractivity contribution is 7.89. The standard InChI is InChI=1S/C10H16N2O3S/c1-8(2)10(7-13)12-16(14,15)9-4-3-5-11-6-9/h3-6,8,10,12-13H,7H2,1-2H3. The fourth-order valence-electron chi connectivity index (χ4n) is 1.16. The second kappa shape index (κ2) is 5.38. The van der Waals surface area contributed by atoms with Gasteiger partial charge in [-0.05, 0) is 18.1 Å². The maximum atomic E-state index is 11.8. The fourth-order valence-corrected chi connectivity index (χ4v) is 2.50. The van der Waals surface area contributed by atoms with Gasteiger partial charge in [0.05, 0.1) is 6.61 Å². The number of nitrogens with zero attached hydrogens (tertiary/aromatic N) is 1. The number of rotatable bonds is 5. The van der Waals surface area contributed by atoms with E-state index in [9.17, 15) is 8.42 Å². The summed E-state index contributed by atoms with van der Waals surface area (Å²) in [7, 11) is -3.59. The van der Waals surface area contributed by atoms with Crippen molar-refractivity contribution in [3.05, 3.63) is 24.5 Å². The van der Waals surface area contributed by atoms with Gasteiger partial charge >= 0.3 is 0 Å². The second-order valence-electron chi connectivity index (χ2n) is 3.84. The zero-order valence-corrected chi connectivity index (χ0v) is 10.1. The van der Waals surface area contributed by atoms with Gasteiger partial charge in [-0.2, -0.15) is 0 Å². The summed E-state index contributed by atoms with van der Waals surface area (Å²) in [6.07, 6.45) is 2.78. The molecule has 0 aliphatic heterocycles. The molecule has 0 aromatic carbocycles. The molecule has 0 bridgehead atoms. The highest BCUT2D eigenvalue weighted by atomic mass is 32.2. The number of aliphatic hydroxyl groups is 1. The summed E-state index contributed by atoms with van der Waals surface area (Å²) in [6.45, 7) is 3.45. The molecule has 1 aromatic heterocycles. The first-order valence-electron chi connectivity index (χ1n) is 5.00. The van der Waals surface area contributed by atoms with E-state index in [0.29, 0.717) is 0 Å². The maximum Gasteiger partial charge on any atom is 0.242 e. The van der Waals surface area contributed by atoms with Crippen molar-refractivity contribution in [3.8, 4) is 0 Å². The number of pyridine rings is 1. The molecule has 0 saturated heterocycles. The van der Waals surface area contributed by atoms with Gasteiger partial charge in [-0.3, -0.25) is 4.98 Å². The van der Waals surface area contributed by atoms with E-state index in [1.165, 1.54) is 18.5 Å². The van der Waals surface area contributed by atoms with Gasteiger partial charge in [0.25, 0.3) is 0 Å². The van der Waals surface area contributed by atoms with Crippen molar-refractivity contribution in [2.75, 3.05) is 6.61 Å². The van der Waals surface area contributed by atoms with Crippen LogP contribution in [0, 0.1) is 5.92 Å². The molecule has 6 heteroatoms. The minimum absolute atomic E-state index is 0.0245. The lowest BCUT2D eigenvalue weighted by Crippen LogP contribution is -2.41. The zero-order chi connectivity index (χ0) is 12.2. The van der Waals surface area contributed by atoms with E-state index in [4.69, 9.17) is 5.11 Å². The van der Waals surface area contributed by atoms with E-state index in [1.807, 2.05) is 13.8 Å². The van der Waals surface area contributed by atoms with Gasteiger partial charge in [-0.15, -0.1) is 0 Å². The van der Waals surface area contributed by atoms with E-state index in [2.05, 4.69) is 9.71 Å².